The van der Waals surface area contributed by atoms with Crippen molar-refractivity contribution in [2.45, 2.75) is 97.0 Å². The van der Waals surface area contributed by atoms with E-state index in [1.807, 2.05) is 13.8 Å². The summed E-state index contributed by atoms with van der Waals surface area (Å²) in [7, 11) is 0. The fraction of sp³-hybridized carbons (Fsp3) is 0.621. The Morgan fingerprint density at radius 2 is 1.70 bits per heavy atom. The molecule has 2 saturated carbocycles. The van der Waals surface area contributed by atoms with Gasteiger partial charge in [0.1, 0.15) is 12.1 Å². The van der Waals surface area contributed by atoms with E-state index in [9.17, 15) is 14.4 Å². The summed E-state index contributed by atoms with van der Waals surface area (Å²) >= 11 is 0. The zero-order valence-corrected chi connectivity index (χ0v) is 22.4. The SMILES string of the molecule is CC(C)COC(C)ONC(=O)C=Cc1cccc(C(=O)N[C@H](C(=O)OC2CCCC2)C2CCCCC2)c1. The van der Waals surface area contributed by atoms with E-state index in [-0.39, 0.29) is 23.9 Å². The molecule has 2 fully saturated rings. The summed E-state index contributed by atoms with van der Waals surface area (Å²) in [6, 6.07) is 6.29. The van der Waals surface area contributed by atoms with E-state index in [1.54, 1.807) is 37.3 Å². The molecule has 0 bridgehead atoms. The number of carbonyl (C=O) groups excluding carboxylic acids is 3. The summed E-state index contributed by atoms with van der Waals surface area (Å²) in [5.41, 5.74) is 3.43. The van der Waals surface area contributed by atoms with Crippen LogP contribution in [0.3, 0.4) is 0 Å². The molecule has 2 amide bonds. The van der Waals surface area contributed by atoms with Crippen LogP contribution in [0.15, 0.2) is 30.3 Å². The molecule has 0 radical (unpaired) electrons. The van der Waals surface area contributed by atoms with Gasteiger partial charge in [-0.15, -0.1) is 0 Å². The predicted octanol–water partition coefficient (Wildman–Crippen LogP) is 4.93. The highest BCUT2D eigenvalue weighted by molar-refractivity contribution is 5.98. The monoisotopic (exact) mass is 514 g/mol. The van der Waals surface area contributed by atoms with E-state index in [4.69, 9.17) is 14.3 Å². The van der Waals surface area contributed by atoms with Crippen molar-refractivity contribution in [1.29, 1.82) is 0 Å². The highest BCUT2D eigenvalue weighted by Crippen LogP contribution is 2.29. The third kappa shape index (κ3) is 9.93. The fourth-order valence-electron chi connectivity index (χ4n) is 4.80. The van der Waals surface area contributed by atoms with Crippen LogP contribution in [-0.4, -0.2) is 42.8 Å². The summed E-state index contributed by atoms with van der Waals surface area (Å²) in [5, 5.41) is 2.97. The second-order valence-corrected chi connectivity index (χ2v) is 10.5. The average molecular weight is 515 g/mol. The Bertz CT molecular complexity index is 919. The molecule has 0 aliphatic heterocycles. The van der Waals surface area contributed by atoms with Crippen LogP contribution in [0.5, 0.6) is 0 Å². The van der Waals surface area contributed by atoms with Crippen molar-refractivity contribution in [1.82, 2.24) is 10.8 Å². The summed E-state index contributed by atoms with van der Waals surface area (Å²) in [6.07, 6.45) is 11.4. The molecule has 0 saturated heterocycles. The Kier molecular flexibility index (Phi) is 11.6. The summed E-state index contributed by atoms with van der Waals surface area (Å²) in [4.78, 5) is 43.5. The van der Waals surface area contributed by atoms with E-state index >= 15 is 0 Å². The van der Waals surface area contributed by atoms with E-state index in [0.29, 0.717) is 23.7 Å². The number of benzene rings is 1. The molecule has 1 aromatic rings. The highest BCUT2D eigenvalue weighted by Gasteiger charge is 2.34. The smallest absolute Gasteiger partial charge is 0.329 e. The second kappa shape index (κ2) is 14.9. The van der Waals surface area contributed by atoms with Crippen molar-refractivity contribution in [2.24, 2.45) is 11.8 Å². The zero-order chi connectivity index (χ0) is 26.6. The first-order chi connectivity index (χ1) is 17.8. The van der Waals surface area contributed by atoms with Crippen LogP contribution in [-0.2, 0) is 23.9 Å². The van der Waals surface area contributed by atoms with Gasteiger partial charge in [0.05, 0.1) is 6.61 Å². The quantitative estimate of drug-likeness (QED) is 0.177. The normalized spacial score (nSPS) is 18.6. The van der Waals surface area contributed by atoms with Gasteiger partial charge in [0.25, 0.3) is 11.8 Å². The average Bonchev–Trinajstić information content (AvgIpc) is 3.41. The fourth-order valence-corrected chi connectivity index (χ4v) is 4.80. The number of nitrogens with one attached hydrogen (secondary N) is 2. The molecule has 2 aliphatic rings. The minimum Gasteiger partial charge on any atom is -0.461 e. The minimum absolute atomic E-state index is 0.0381. The molecule has 1 unspecified atom stereocenters. The van der Waals surface area contributed by atoms with Gasteiger partial charge in [-0.05, 0) is 81.1 Å². The van der Waals surface area contributed by atoms with Crippen molar-refractivity contribution in [3.63, 3.8) is 0 Å². The van der Waals surface area contributed by atoms with E-state index in [1.165, 1.54) is 6.08 Å². The van der Waals surface area contributed by atoms with Gasteiger partial charge in [-0.1, -0.05) is 45.2 Å². The number of amides is 2. The first-order valence-corrected chi connectivity index (χ1v) is 13.7. The Morgan fingerprint density at radius 3 is 2.41 bits per heavy atom. The Balaban J connectivity index is 1.58. The maximum absolute atomic E-state index is 13.2. The van der Waals surface area contributed by atoms with E-state index in [0.717, 1.165) is 57.8 Å². The summed E-state index contributed by atoms with van der Waals surface area (Å²) < 4.78 is 11.2. The van der Waals surface area contributed by atoms with Crippen LogP contribution in [0.4, 0.5) is 0 Å². The van der Waals surface area contributed by atoms with Crippen molar-refractivity contribution in [3.05, 3.63) is 41.5 Å². The number of hydrogen-bond donors (Lipinski definition) is 2. The number of esters is 1. The lowest BCUT2D eigenvalue weighted by atomic mass is 9.83. The highest BCUT2D eigenvalue weighted by atomic mass is 16.8. The van der Waals surface area contributed by atoms with Crippen LogP contribution in [0.25, 0.3) is 6.08 Å². The number of carbonyl (C=O) groups is 3. The summed E-state index contributed by atoms with van der Waals surface area (Å²) in [5.74, 6) is -0.626. The molecule has 0 heterocycles. The number of ether oxygens (including phenoxy) is 2. The molecule has 204 valence electrons. The van der Waals surface area contributed by atoms with Crippen LogP contribution in [0, 0.1) is 11.8 Å². The predicted molar refractivity (Wildman–Crippen MR) is 141 cm³/mol. The standard InChI is InChI=1S/C29H42N2O6/c1-20(2)19-35-21(3)37-31-26(32)17-16-22-10-9-13-24(18-22)28(33)30-27(23-11-5-4-6-12-23)29(34)36-25-14-7-8-15-25/h9-10,13,16-18,20-21,23,25,27H,4-8,11-12,14-15,19H2,1-3H3,(H,30,33)(H,31,32)/t21?,27-/m0/s1. The first-order valence-electron chi connectivity index (χ1n) is 13.7. The van der Waals surface area contributed by atoms with Crippen LogP contribution >= 0.6 is 0 Å². The van der Waals surface area contributed by atoms with Crippen LogP contribution in [0.2, 0.25) is 0 Å². The third-order valence-corrected chi connectivity index (χ3v) is 6.81. The topological polar surface area (TPSA) is 103 Å². The molecule has 2 atom stereocenters. The van der Waals surface area contributed by atoms with Gasteiger partial charge >= 0.3 is 5.97 Å². The number of hydrogen-bond acceptors (Lipinski definition) is 6. The van der Waals surface area contributed by atoms with E-state index < -0.39 is 18.2 Å². The van der Waals surface area contributed by atoms with Crippen molar-refractivity contribution in [2.75, 3.05) is 6.61 Å². The Labute approximate surface area is 220 Å². The lowest BCUT2D eigenvalue weighted by molar-refractivity contribution is -0.180. The van der Waals surface area contributed by atoms with Gasteiger partial charge in [0, 0.05) is 11.6 Å². The molecule has 1 aromatic carbocycles. The molecule has 2 N–H and O–H groups in total. The maximum Gasteiger partial charge on any atom is 0.329 e. The lowest BCUT2D eigenvalue weighted by Crippen LogP contribution is -2.48. The maximum atomic E-state index is 13.2. The lowest BCUT2D eigenvalue weighted by Gasteiger charge is -2.30. The van der Waals surface area contributed by atoms with Crippen molar-refractivity contribution < 1.29 is 28.7 Å². The van der Waals surface area contributed by atoms with Gasteiger partial charge < -0.3 is 14.8 Å². The molecular formula is C29H42N2O6. The molecule has 0 spiro atoms. The molecule has 37 heavy (non-hydrogen) atoms. The number of hydroxylamine groups is 1. The Morgan fingerprint density at radius 1 is 1.00 bits per heavy atom. The first kappa shape index (κ1) is 28.9. The van der Waals surface area contributed by atoms with Crippen molar-refractivity contribution in [3.8, 4) is 0 Å². The van der Waals surface area contributed by atoms with Gasteiger partial charge in [-0.25, -0.2) is 15.1 Å². The molecule has 0 aromatic heterocycles. The van der Waals surface area contributed by atoms with Crippen molar-refractivity contribution >= 4 is 23.9 Å². The van der Waals surface area contributed by atoms with Crippen LogP contribution < -0.4 is 10.8 Å². The zero-order valence-electron chi connectivity index (χ0n) is 22.4. The van der Waals surface area contributed by atoms with Gasteiger partial charge in [-0.3, -0.25) is 9.59 Å². The summed E-state index contributed by atoms with van der Waals surface area (Å²) in [6.45, 7) is 6.29. The number of rotatable bonds is 12. The third-order valence-electron chi connectivity index (χ3n) is 6.81. The van der Waals surface area contributed by atoms with Gasteiger partial charge in [-0.2, -0.15) is 0 Å². The molecular weight excluding hydrogens is 472 g/mol. The van der Waals surface area contributed by atoms with Crippen LogP contribution in [0.1, 0.15) is 94.5 Å². The molecule has 8 heteroatoms. The largest absolute Gasteiger partial charge is 0.461 e. The minimum atomic E-state index is -0.643. The van der Waals surface area contributed by atoms with E-state index in [2.05, 4.69) is 10.8 Å². The van der Waals surface area contributed by atoms with Gasteiger partial charge in [0.15, 0.2) is 6.29 Å². The molecule has 2 aliphatic carbocycles. The molecule has 8 nitrogen and oxygen atoms in total. The second-order valence-electron chi connectivity index (χ2n) is 10.5. The van der Waals surface area contributed by atoms with Gasteiger partial charge in [0.2, 0.25) is 0 Å². The molecule has 3 rings (SSSR count). The Hall–Kier alpha value is -2.71.